The maximum Gasteiger partial charge on any atom is 0.265 e. The number of carbonyl (C=O) groups excluding carboxylic acids is 2. The number of nitrogens with one attached hydrogen (secondary N) is 3. The smallest absolute Gasteiger partial charge is 0.265 e. The number of hydrogen-bond acceptors (Lipinski definition) is 5. The molecule has 3 N–H and O–H groups in total. The van der Waals surface area contributed by atoms with Crippen molar-refractivity contribution in [1.82, 2.24) is 4.72 Å². The van der Waals surface area contributed by atoms with E-state index < -0.39 is 15.9 Å². The molecule has 0 spiro atoms. The van der Waals surface area contributed by atoms with Gasteiger partial charge in [-0.1, -0.05) is 12.1 Å². The van der Waals surface area contributed by atoms with E-state index in [2.05, 4.69) is 15.4 Å². The van der Waals surface area contributed by atoms with Crippen LogP contribution in [0, 0.1) is 0 Å². The fourth-order valence-corrected chi connectivity index (χ4v) is 4.70. The first-order chi connectivity index (χ1) is 14.4. The van der Waals surface area contributed by atoms with E-state index in [1.807, 2.05) is 5.38 Å². The first kappa shape index (κ1) is 20.3. The minimum atomic E-state index is -3.63. The lowest BCUT2D eigenvalue weighted by atomic mass is 10.2. The van der Waals surface area contributed by atoms with Gasteiger partial charge in [0.15, 0.2) is 0 Å². The molecule has 2 amide bonds. The fourth-order valence-electron chi connectivity index (χ4n) is 2.73. The molecule has 0 atom stereocenters. The highest BCUT2D eigenvalue weighted by Gasteiger charge is 2.28. The lowest BCUT2D eigenvalue weighted by molar-refractivity contribution is 0.102. The third-order valence-corrected chi connectivity index (χ3v) is 6.84. The van der Waals surface area contributed by atoms with Gasteiger partial charge in [0.05, 0.1) is 9.77 Å². The minimum Gasteiger partial charge on any atom is -0.322 e. The second-order valence-corrected chi connectivity index (χ2v) is 9.55. The maximum absolute atomic E-state index is 12.6. The van der Waals surface area contributed by atoms with Crippen LogP contribution < -0.4 is 15.4 Å². The van der Waals surface area contributed by atoms with E-state index >= 15 is 0 Å². The predicted molar refractivity (Wildman–Crippen MR) is 116 cm³/mol. The lowest BCUT2D eigenvalue weighted by Crippen LogP contribution is -2.26. The molecular weight excluding hydrogens is 422 g/mol. The number of anilines is 2. The van der Waals surface area contributed by atoms with Crippen LogP contribution in [0.25, 0.3) is 0 Å². The first-order valence-corrected chi connectivity index (χ1v) is 11.7. The number of hydrogen-bond donors (Lipinski definition) is 3. The quantitative estimate of drug-likeness (QED) is 0.520. The van der Waals surface area contributed by atoms with Crippen molar-refractivity contribution in [3.63, 3.8) is 0 Å². The second-order valence-electron chi connectivity index (χ2n) is 6.89. The minimum absolute atomic E-state index is 0.00805. The maximum atomic E-state index is 12.6. The first-order valence-electron chi connectivity index (χ1n) is 9.29. The summed E-state index contributed by atoms with van der Waals surface area (Å²) in [5, 5.41) is 7.35. The second kappa shape index (κ2) is 8.39. The van der Waals surface area contributed by atoms with Crippen molar-refractivity contribution in [3.8, 4) is 0 Å². The van der Waals surface area contributed by atoms with E-state index in [0.29, 0.717) is 16.3 Å². The molecule has 7 nitrogen and oxygen atoms in total. The van der Waals surface area contributed by atoms with E-state index in [1.54, 1.807) is 48.5 Å². The van der Waals surface area contributed by atoms with Gasteiger partial charge in [0.25, 0.3) is 11.8 Å². The highest BCUT2D eigenvalue weighted by Crippen LogP contribution is 2.23. The number of sulfonamides is 1. The molecule has 1 aromatic heterocycles. The summed E-state index contributed by atoms with van der Waals surface area (Å²) in [6.07, 6.45) is 1.67. The summed E-state index contributed by atoms with van der Waals surface area (Å²) in [5.41, 5.74) is 1.37. The lowest BCUT2D eigenvalue weighted by Gasteiger charge is -2.09. The summed E-state index contributed by atoms with van der Waals surface area (Å²) in [7, 11) is -3.63. The Bertz CT molecular complexity index is 1170. The summed E-state index contributed by atoms with van der Waals surface area (Å²) < 4.78 is 27.3. The summed E-state index contributed by atoms with van der Waals surface area (Å²) in [5.74, 6) is -0.617. The zero-order valence-electron chi connectivity index (χ0n) is 15.8. The molecule has 154 valence electrons. The summed E-state index contributed by atoms with van der Waals surface area (Å²) in [6.45, 7) is 0. The van der Waals surface area contributed by atoms with Crippen LogP contribution in [0.3, 0.4) is 0 Å². The van der Waals surface area contributed by atoms with E-state index in [4.69, 9.17) is 0 Å². The number of thiophene rings is 1. The van der Waals surface area contributed by atoms with Crippen LogP contribution in [-0.2, 0) is 10.0 Å². The molecule has 9 heteroatoms. The Hall–Kier alpha value is -3.01. The van der Waals surface area contributed by atoms with Gasteiger partial charge >= 0.3 is 0 Å². The molecule has 0 aliphatic heterocycles. The van der Waals surface area contributed by atoms with Crippen molar-refractivity contribution in [2.24, 2.45) is 0 Å². The molecule has 1 aliphatic rings. The average molecular weight is 442 g/mol. The van der Waals surface area contributed by atoms with Gasteiger partial charge < -0.3 is 10.6 Å². The van der Waals surface area contributed by atoms with Gasteiger partial charge in [-0.25, -0.2) is 13.1 Å². The Morgan fingerprint density at radius 1 is 0.867 bits per heavy atom. The van der Waals surface area contributed by atoms with Crippen molar-refractivity contribution in [3.05, 3.63) is 76.5 Å². The van der Waals surface area contributed by atoms with Gasteiger partial charge in [-0.3, -0.25) is 9.59 Å². The van der Waals surface area contributed by atoms with Crippen LogP contribution in [-0.4, -0.2) is 26.3 Å². The topological polar surface area (TPSA) is 104 Å². The summed E-state index contributed by atoms with van der Waals surface area (Å²) >= 11 is 1.35. The third kappa shape index (κ3) is 4.93. The summed E-state index contributed by atoms with van der Waals surface area (Å²) in [6, 6.07) is 16.1. The van der Waals surface area contributed by atoms with Crippen LogP contribution in [0.2, 0.25) is 0 Å². The largest absolute Gasteiger partial charge is 0.322 e. The number of carbonyl (C=O) groups is 2. The van der Waals surface area contributed by atoms with Gasteiger partial charge in [0, 0.05) is 23.0 Å². The van der Waals surface area contributed by atoms with Gasteiger partial charge in [-0.05, 0) is 66.8 Å². The van der Waals surface area contributed by atoms with Gasteiger partial charge in [0.2, 0.25) is 10.0 Å². The normalized spacial score (nSPS) is 13.6. The van der Waals surface area contributed by atoms with Crippen LogP contribution in [0.4, 0.5) is 11.4 Å². The zero-order valence-corrected chi connectivity index (χ0v) is 17.4. The van der Waals surface area contributed by atoms with Crippen molar-refractivity contribution in [2.75, 3.05) is 10.6 Å². The van der Waals surface area contributed by atoms with Gasteiger partial charge in [-0.15, -0.1) is 11.3 Å². The number of rotatable bonds is 7. The number of benzene rings is 2. The van der Waals surface area contributed by atoms with Crippen LogP contribution in [0.1, 0.15) is 32.9 Å². The molecule has 1 fully saturated rings. The molecule has 0 unspecified atom stereocenters. The molecule has 1 aliphatic carbocycles. The monoisotopic (exact) mass is 441 g/mol. The molecule has 1 heterocycles. The molecule has 30 heavy (non-hydrogen) atoms. The molecule has 0 radical (unpaired) electrons. The highest BCUT2D eigenvalue weighted by molar-refractivity contribution is 7.89. The van der Waals surface area contributed by atoms with E-state index in [1.165, 1.54) is 23.5 Å². The van der Waals surface area contributed by atoms with Gasteiger partial charge in [0.1, 0.15) is 0 Å². The zero-order chi connectivity index (χ0) is 21.1. The SMILES string of the molecule is O=C(Nc1ccc(NC(=O)c2cccs2)cc1)c1cccc(S(=O)(=O)NC2CC2)c1. The molecule has 0 saturated heterocycles. The van der Waals surface area contributed by atoms with Crippen LogP contribution in [0.5, 0.6) is 0 Å². The summed E-state index contributed by atoms with van der Waals surface area (Å²) in [4.78, 5) is 25.3. The van der Waals surface area contributed by atoms with E-state index in [9.17, 15) is 18.0 Å². The Labute approximate surface area is 178 Å². The van der Waals surface area contributed by atoms with Gasteiger partial charge in [-0.2, -0.15) is 0 Å². The standard InChI is InChI=1S/C21H19N3O4S2/c25-20(14-3-1-4-18(13-14)30(27,28)24-17-10-11-17)22-15-6-8-16(9-7-15)23-21(26)19-5-2-12-29-19/h1-9,12-13,17,24H,10-11H2,(H,22,25)(H,23,26). The average Bonchev–Trinajstić information content (AvgIpc) is 3.36. The molecular formula is C21H19N3O4S2. The third-order valence-electron chi connectivity index (χ3n) is 4.45. The molecule has 0 bridgehead atoms. The van der Waals surface area contributed by atoms with E-state index in [0.717, 1.165) is 12.8 Å². The molecule has 3 aromatic rings. The predicted octanol–water partition coefficient (Wildman–Crippen LogP) is 3.69. The Morgan fingerprint density at radius 2 is 1.53 bits per heavy atom. The molecule has 1 saturated carbocycles. The van der Waals surface area contributed by atoms with E-state index in [-0.39, 0.29) is 22.4 Å². The number of amides is 2. The van der Waals surface area contributed by atoms with Crippen LogP contribution in [0.15, 0.2) is 70.9 Å². The van der Waals surface area contributed by atoms with Crippen molar-refractivity contribution in [1.29, 1.82) is 0 Å². The Balaban J connectivity index is 1.41. The Kier molecular flexibility index (Phi) is 5.67. The van der Waals surface area contributed by atoms with Crippen molar-refractivity contribution >= 4 is 44.5 Å². The Morgan fingerprint density at radius 3 is 2.13 bits per heavy atom. The molecule has 4 rings (SSSR count). The highest BCUT2D eigenvalue weighted by atomic mass is 32.2. The fraction of sp³-hybridized carbons (Fsp3) is 0.143. The molecule has 2 aromatic carbocycles. The van der Waals surface area contributed by atoms with Crippen molar-refractivity contribution in [2.45, 2.75) is 23.8 Å². The van der Waals surface area contributed by atoms with Crippen molar-refractivity contribution < 1.29 is 18.0 Å². The van der Waals surface area contributed by atoms with Crippen LogP contribution >= 0.6 is 11.3 Å².